The SMILES string of the molecule is CC(=O)N1N=C(c2ccccc2OCc2ccccc2)O[C@H]1c1ccccc1[N+](=O)[O-]. The summed E-state index contributed by atoms with van der Waals surface area (Å²) in [6.45, 7) is 1.67. The summed E-state index contributed by atoms with van der Waals surface area (Å²) in [5.74, 6) is 0.277. The first-order valence-electron chi connectivity index (χ1n) is 9.59. The third kappa shape index (κ3) is 4.23. The predicted molar refractivity (Wildman–Crippen MR) is 113 cm³/mol. The second-order valence-electron chi connectivity index (χ2n) is 6.83. The summed E-state index contributed by atoms with van der Waals surface area (Å²) >= 11 is 0. The molecule has 0 N–H and O–H groups in total. The molecule has 1 heterocycles. The van der Waals surface area contributed by atoms with Crippen molar-refractivity contribution in [2.24, 2.45) is 5.10 Å². The van der Waals surface area contributed by atoms with Gasteiger partial charge in [-0.25, -0.2) is 0 Å². The second kappa shape index (κ2) is 8.66. The zero-order chi connectivity index (χ0) is 21.8. The molecule has 3 aromatic rings. The molecule has 3 aromatic carbocycles. The fraction of sp³-hybridized carbons (Fsp3) is 0.130. The van der Waals surface area contributed by atoms with Gasteiger partial charge in [0.1, 0.15) is 12.4 Å². The van der Waals surface area contributed by atoms with E-state index < -0.39 is 17.1 Å². The zero-order valence-electron chi connectivity index (χ0n) is 16.7. The van der Waals surface area contributed by atoms with Gasteiger partial charge in [-0.1, -0.05) is 54.6 Å². The van der Waals surface area contributed by atoms with Crippen molar-refractivity contribution in [2.75, 3.05) is 0 Å². The van der Waals surface area contributed by atoms with Gasteiger partial charge in [-0.15, -0.1) is 5.10 Å². The molecule has 1 aliphatic heterocycles. The van der Waals surface area contributed by atoms with Crippen molar-refractivity contribution < 1.29 is 19.2 Å². The highest BCUT2D eigenvalue weighted by atomic mass is 16.6. The quantitative estimate of drug-likeness (QED) is 0.437. The minimum Gasteiger partial charge on any atom is -0.488 e. The summed E-state index contributed by atoms with van der Waals surface area (Å²) in [6, 6.07) is 23.0. The van der Waals surface area contributed by atoms with Gasteiger partial charge >= 0.3 is 0 Å². The minimum absolute atomic E-state index is 0.149. The van der Waals surface area contributed by atoms with E-state index in [1.54, 1.807) is 36.4 Å². The van der Waals surface area contributed by atoms with Crippen LogP contribution in [0.3, 0.4) is 0 Å². The Morgan fingerprint density at radius 2 is 1.74 bits per heavy atom. The van der Waals surface area contributed by atoms with Gasteiger partial charge in [0.25, 0.3) is 5.69 Å². The normalized spacial score (nSPS) is 15.2. The van der Waals surface area contributed by atoms with E-state index in [1.807, 2.05) is 36.4 Å². The number of benzene rings is 3. The number of nitro benzene ring substituents is 1. The standard InChI is InChI=1S/C23H19N3O5/c1-16(27)25-23(18-11-5-7-13-20(18)26(28)29)31-22(24-25)19-12-6-8-14-21(19)30-15-17-9-3-2-4-10-17/h2-14,23H,15H2,1H3/t23-/m0/s1. The van der Waals surface area contributed by atoms with Crippen molar-refractivity contribution in [1.29, 1.82) is 0 Å². The fourth-order valence-electron chi connectivity index (χ4n) is 3.24. The number of hydrogen-bond acceptors (Lipinski definition) is 6. The van der Waals surface area contributed by atoms with Crippen LogP contribution in [0.15, 0.2) is 84.0 Å². The maximum absolute atomic E-state index is 12.2. The number of ether oxygens (including phenoxy) is 2. The number of carbonyl (C=O) groups excluding carboxylic acids is 1. The number of rotatable bonds is 6. The number of hydrazone groups is 1. The lowest BCUT2D eigenvalue weighted by Crippen LogP contribution is -2.25. The van der Waals surface area contributed by atoms with E-state index >= 15 is 0 Å². The summed E-state index contributed by atoms with van der Waals surface area (Å²) in [6.07, 6.45) is -1.05. The van der Waals surface area contributed by atoms with Crippen LogP contribution in [-0.2, 0) is 16.1 Å². The molecule has 0 aromatic heterocycles. The summed E-state index contributed by atoms with van der Waals surface area (Å²) in [4.78, 5) is 23.2. The van der Waals surface area contributed by atoms with E-state index in [1.165, 1.54) is 13.0 Å². The smallest absolute Gasteiger partial charge is 0.278 e. The monoisotopic (exact) mass is 417 g/mol. The maximum atomic E-state index is 12.2. The molecule has 0 bridgehead atoms. The van der Waals surface area contributed by atoms with E-state index in [0.717, 1.165) is 10.6 Å². The molecular weight excluding hydrogens is 398 g/mol. The van der Waals surface area contributed by atoms with Crippen molar-refractivity contribution in [1.82, 2.24) is 5.01 Å². The summed E-state index contributed by atoms with van der Waals surface area (Å²) < 4.78 is 11.9. The van der Waals surface area contributed by atoms with Gasteiger partial charge in [-0.05, 0) is 23.8 Å². The van der Waals surface area contributed by atoms with Gasteiger partial charge in [-0.3, -0.25) is 14.9 Å². The van der Waals surface area contributed by atoms with Gasteiger partial charge in [0.2, 0.25) is 18.0 Å². The molecule has 1 amide bonds. The molecule has 31 heavy (non-hydrogen) atoms. The predicted octanol–water partition coefficient (Wildman–Crippen LogP) is 4.41. The molecule has 0 radical (unpaired) electrons. The van der Waals surface area contributed by atoms with Crippen LogP contribution in [0.5, 0.6) is 5.75 Å². The lowest BCUT2D eigenvalue weighted by atomic mass is 10.1. The number of nitro groups is 1. The first-order chi connectivity index (χ1) is 15.0. The Morgan fingerprint density at radius 1 is 1.06 bits per heavy atom. The Hall–Kier alpha value is -4.20. The lowest BCUT2D eigenvalue weighted by molar-refractivity contribution is -0.386. The van der Waals surface area contributed by atoms with Crippen molar-refractivity contribution in [3.05, 3.63) is 106 Å². The Labute approximate surface area is 178 Å². The van der Waals surface area contributed by atoms with E-state index in [4.69, 9.17) is 9.47 Å². The minimum atomic E-state index is -1.05. The molecule has 1 aliphatic rings. The molecule has 0 spiro atoms. The Kier molecular flexibility index (Phi) is 5.61. The highest BCUT2D eigenvalue weighted by Gasteiger charge is 2.37. The molecule has 156 valence electrons. The van der Waals surface area contributed by atoms with Crippen molar-refractivity contribution in [2.45, 2.75) is 19.8 Å². The van der Waals surface area contributed by atoms with Crippen LogP contribution < -0.4 is 4.74 Å². The molecular formula is C23H19N3O5. The Morgan fingerprint density at radius 3 is 2.48 bits per heavy atom. The fourth-order valence-corrected chi connectivity index (χ4v) is 3.24. The van der Waals surface area contributed by atoms with Crippen LogP contribution in [0, 0.1) is 10.1 Å². The average molecular weight is 417 g/mol. The number of carbonyl (C=O) groups is 1. The Balaban J connectivity index is 1.65. The van der Waals surface area contributed by atoms with Gasteiger partial charge in [0, 0.05) is 13.0 Å². The van der Waals surface area contributed by atoms with Crippen molar-refractivity contribution in [3.63, 3.8) is 0 Å². The van der Waals surface area contributed by atoms with Gasteiger partial charge < -0.3 is 9.47 Å². The molecule has 0 saturated heterocycles. The zero-order valence-corrected chi connectivity index (χ0v) is 16.7. The van der Waals surface area contributed by atoms with Crippen LogP contribution in [0.4, 0.5) is 5.69 Å². The molecule has 0 aliphatic carbocycles. The summed E-state index contributed by atoms with van der Waals surface area (Å²) in [5, 5.41) is 16.9. The number of nitrogens with zero attached hydrogens (tertiary/aromatic N) is 3. The van der Waals surface area contributed by atoms with Gasteiger partial charge in [0.05, 0.1) is 16.1 Å². The van der Waals surface area contributed by atoms with Crippen molar-refractivity contribution in [3.8, 4) is 5.75 Å². The molecule has 8 heteroatoms. The van der Waals surface area contributed by atoms with Gasteiger partial charge in [0.15, 0.2) is 0 Å². The van der Waals surface area contributed by atoms with Crippen LogP contribution in [0.2, 0.25) is 0 Å². The summed E-state index contributed by atoms with van der Waals surface area (Å²) in [7, 11) is 0. The topological polar surface area (TPSA) is 94.3 Å². The highest BCUT2D eigenvalue weighted by molar-refractivity contribution is 5.98. The molecule has 0 saturated carbocycles. The average Bonchev–Trinajstić information content (AvgIpc) is 3.24. The van der Waals surface area contributed by atoms with Crippen LogP contribution >= 0.6 is 0 Å². The first kappa shape index (κ1) is 20.1. The molecule has 0 unspecified atom stereocenters. The maximum Gasteiger partial charge on any atom is 0.278 e. The number of amides is 1. The van der Waals surface area contributed by atoms with E-state index in [9.17, 15) is 14.9 Å². The third-order valence-corrected chi connectivity index (χ3v) is 4.72. The number of hydrogen-bond donors (Lipinski definition) is 0. The van der Waals surface area contributed by atoms with Gasteiger partial charge in [-0.2, -0.15) is 5.01 Å². The van der Waals surface area contributed by atoms with Crippen LogP contribution in [0.25, 0.3) is 0 Å². The van der Waals surface area contributed by atoms with E-state index in [-0.39, 0.29) is 17.1 Å². The second-order valence-corrected chi connectivity index (χ2v) is 6.83. The third-order valence-electron chi connectivity index (χ3n) is 4.72. The Bertz CT molecular complexity index is 1150. The number of para-hydroxylation sites is 2. The van der Waals surface area contributed by atoms with Crippen LogP contribution in [-0.4, -0.2) is 21.7 Å². The molecule has 1 atom stereocenters. The largest absolute Gasteiger partial charge is 0.488 e. The first-order valence-corrected chi connectivity index (χ1v) is 9.59. The molecule has 0 fully saturated rings. The molecule has 8 nitrogen and oxygen atoms in total. The van der Waals surface area contributed by atoms with Crippen molar-refractivity contribution >= 4 is 17.5 Å². The van der Waals surface area contributed by atoms with E-state index in [2.05, 4.69) is 5.10 Å². The van der Waals surface area contributed by atoms with E-state index in [0.29, 0.717) is 17.9 Å². The highest BCUT2D eigenvalue weighted by Crippen LogP contribution is 2.36. The lowest BCUT2D eigenvalue weighted by Gasteiger charge is -2.19. The summed E-state index contributed by atoms with van der Waals surface area (Å²) in [5.41, 5.74) is 1.63. The molecule has 4 rings (SSSR count). The van der Waals surface area contributed by atoms with Crippen LogP contribution in [0.1, 0.15) is 29.8 Å².